The van der Waals surface area contributed by atoms with E-state index in [-0.39, 0.29) is 0 Å². The van der Waals surface area contributed by atoms with Crippen LogP contribution in [0.4, 0.5) is 0 Å². The molecule has 0 heterocycles. The molecule has 0 spiro atoms. The van der Waals surface area contributed by atoms with Gasteiger partial charge in [0.2, 0.25) is 0 Å². The third-order valence-corrected chi connectivity index (χ3v) is 7.62. The van der Waals surface area contributed by atoms with E-state index in [0.717, 1.165) is 65.4 Å². The molecule has 0 nitrogen and oxygen atoms in total. The summed E-state index contributed by atoms with van der Waals surface area (Å²) in [5, 5.41) is 3.40. The van der Waals surface area contributed by atoms with Crippen LogP contribution in [0.5, 0.6) is 0 Å². The summed E-state index contributed by atoms with van der Waals surface area (Å²) in [5.74, 6) is 0. The molecule has 44 heavy (non-hydrogen) atoms. The maximum atomic E-state index is 3.42. The Morgan fingerprint density at radius 2 is 0.432 bits per heavy atom. The Labute approximate surface area is 256 Å². The Kier molecular flexibility index (Phi) is 7.34. The number of benzene rings is 6. The molecule has 0 unspecified atom stereocenters. The fourth-order valence-electron chi connectivity index (χ4n) is 5.53. The predicted molar refractivity (Wildman–Crippen MR) is 181 cm³/mol. The second kappa shape index (κ2) is 12.2. The van der Waals surface area contributed by atoms with E-state index in [9.17, 15) is 0 Å². The van der Waals surface area contributed by atoms with Crippen LogP contribution < -0.4 is 20.9 Å². The van der Waals surface area contributed by atoms with Gasteiger partial charge < -0.3 is 0 Å². The van der Waals surface area contributed by atoms with Crippen molar-refractivity contribution in [3.63, 3.8) is 0 Å². The summed E-state index contributed by atoms with van der Waals surface area (Å²) in [6.45, 7) is 0. The standard InChI is InChI=1S/C44H24/c1-5-17-33(18-6-1)37-29-30-38(34-19-7-2-8-20-34)42-26-15-16-28-44-40(36-23-11-4-12-24-36)32-31-39(35-21-9-3-10-22-35)43(44)27-14-13-25-41(37)42/h1-12,17-24,29-32H. The minimum Gasteiger partial charge on any atom is -0.0622 e. The van der Waals surface area contributed by atoms with Crippen molar-refractivity contribution < 1.29 is 0 Å². The van der Waals surface area contributed by atoms with Crippen LogP contribution in [-0.4, -0.2) is 0 Å². The predicted octanol–water partition coefficient (Wildman–Crippen LogP) is 7.32. The lowest BCUT2D eigenvalue weighted by Crippen LogP contribution is -2.27. The van der Waals surface area contributed by atoms with E-state index in [4.69, 9.17) is 0 Å². The summed E-state index contributed by atoms with van der Waals surface area (Å²) in [4.78, 5) is 0. The molecule has 0 fully saturated rings. The van der Waals surface area contributed by atoms with Crippen molar-refractivity contribution in [2.45, 2.75) is 0 Å². The Balaban J connectivity index is 1.72. The average molecular weight is 553 g/mol. The van der Waals surface area contributed by atoms with Gasteiger partial charge in [-0.25, -0.2) is 0 Å². The fraction of sp³-hybridized carbons (Fsp3) is 0. The van der Waals surface area contributed by atoms with Gasteiger partial charge in [0.25, 0.3) is 0 Å². The van der Waals surface area contributed by atoms with Gasteiger partial charge >= 0.3 is 0 Å². The van der Waals surface area contributed by atoms with Crippen LogP contribution in [-0.2, 0) is 0 Å². The number of hydrogen-bond donors (Lipinski definition) is 0. The molecule has 0 saturated heterocycles. The molecule has 0 aliphatic heterocycles. The minimum absolute atomic E-state index is 0.850. The third kappa shape index (κ3) is 5.30. The molecule has 200 valence electrons. The molecule has 0 radical (unpaired) electrons. The summed E-state index contributed by atoms with van der Waals surface area (Å²) < 4.78 is 0. The molecular formula is C44H24. The summed E-state index contributed by atoms with van der Waals surface area (Å²) in [6, 6.07) is 49.7. The number of fused-ring (bicyclic) bond motifs is 2. The van der Waals surface area contributed by atoms with Gasteiger partial charge in [-0.15, -0.1) is 0 Å². The molecule has 0 atom stereocenters. The second-order valence-corrected chi connectivity index (χ2v) is 10.3. The topological polar surface area (TPSA) is 0 Å². The summed E-state index contributed by atoms with van der Waals surface area (Å²) in [7, 11) is 0. The van der Waals surface area contributed by atoms with Crippen LogP contribution in [0.2, 0.25) is 0 Å². The van der Waals surface area contributed by atoms with E-state index in [1.807, 2.05) is 72.8 Å². The van der Waals surface area contributed by atoms with Crippen LogP contribution >= 0.6 is 0 Å². The largest absolute Gasteiger partial charge is 0.0622 e. The summed E-state index contributed by atoms with van der Waals surface area (Å²) >= 11 is 0. The first-order valence-corrected chi connectivity index (χ1v) is 14.5. The average Bonchev–Trinajstić information content (AvgIpc) is 3.09. The molecule has 0 bridgehead atoms. The molecule has 6 aromatic carbocycles. The quantitative estimate of drug-likeness (QED) is 0.201. The first-order chi connectivity index (χ1) is 21.9. The molecule has 0 heteroatoms. The summed E-state index contributed by atoms with van der Waals surface area (Å²) in [6.07, 6.45) is 0. The van der Waals surface area contributed by atoms with Crippen molar-refractivity contribution in [2.24, 2.45) is 0 Å². The van der Waals surface area contributed by atoms with Crippen LogP contribution in [0, 0.1) is 0 Å². The van der Waals surface area contributed by atoms with Crippen molar-refractivity contribution in [3.05, 3.63) is 189 Å². The molecular weight excluding hydrogens is 528 g/mol. The highest BCUT2D eigenvalue weighted by atomic mass is 14.1. The molecule has 6 aromatic rings. The monoisotopic (exact) mass is 552 g/mol. The lowest BCUT2D eigenvalue weighted by atomic mass is 9.95. The smallest absolute Gasteiger partial charge is 0.0497 e. The Bertz CT molecular complexity index is 2160. The zero-order valence-corrected chi connectivity index (χ0v) is 23.9. The first kappa shape index (κ1) is 26.5. The minimum atomic E-state index is 0.850. The Hall–Kier alpha value is -6.44. The normalized spacial score (nSPS) is 10.7. The highest BCUT2D eigenvalue weighted by Crippen LogP contribution is 2.20. The van der Waals surface area contributed by atoms with Crippen molar-refractivity contribution in [2.75, 3.05) is 0 Å². The molecule has 1 aliphatic rings. The van der Waals surface area contributed by atoms with Gasteiger partial charge in [0.15, 0.2) is 0 Å². The van der Waals surface area contributed by atoms with Gasteiger partial charge in [0.1, 0.15) is 0 Å². The molecule has 0 aromatic heterocycles. The third-order valence-electron chi connectivity index (χ3n) is 7.62. The van der Waals surface area contributed by atoms with E-state index in [1.54, 1.807) is 0 Å². The zero-order valence-electron chi connectivity index (χ0n) is 23.9. The highest BCUT2D eigenvalue weighted by Gasteiger charge is 2.08. The second-order valence-electron chi connectivity index (χ2n) is 10.3. The molecule has 1 aliphatic carbocycles. The van der Waals surface area contributed by atoms with E-state index < -0.39 is 0 Å². The lowest BCUT2D eigenvalue weighted by molar-refractivity contribution is 1.49. The molecule has 0 amide bonds. The van der Waals surface area contributed by atoms with Crippen molar-refractivity contribution in [1.82, 2.24) is 0 Å². The fourth-order valence-corrected chi connectivity index (χ4v) is 5.53. The number of hydrogen-bond acceptors (Lipinski definition) is 0. The maximum Gasteiger partial charge on any atom is 0.0497 e. The van der Waals surface area contributed by atoms with Crippen LogP contribution in [0.1, 0.15) is 0 Å². The van der Waals surface area contributed by atoms with E-state index >= 15 is 0 Å². The van der Waals surface area contributed by atoms with E-state index in [2.05, 4.69) is 119 Å². The van der Waals surface area contributed by atoms with Crippen molar-refractivity contribution >= 4 is 22.9 Å². The lowest BCUT2D eigenvalue weighted by Gasteiger charge is -2.07. The molecule has 7 rings (SSSR count). The van der Waals surface area contributed by atoms with Crippen LogP contribution in [0.3, 0.4) is 0 Å². The van der Waals surface area contributed by atoms with Gasteiger partial charge in [-0.1, -0.05) is 169 Å². The maximum absolute atomic E-state index is 3.42. The van der Waals surface area contributed by atoms with E-state index in [1.165, 1.54) is 0 Å². The SMILES string of the molecule is C1=C=C=c2c(-c3ccccc3)ccc(-c3ccccc3)c2=C=C=C=C=c2c(-c3ccccc3)ccc(-c3ccccc3)c2=C=1. The van der Waals surface area contributed by atoms with Crippen molar-refractivity contribution in [1.29, 1.82) is 0 Å². The highest BCUT2D eigenvalue weighted by molar-refractivity contribution is 5.75. The Morgan fingerprint density at radius 3 is 0.636 bits per heavy atom. The molecule has 0 N–H and O–H groups in total. The van der Waals surface area contributed by atoms with Crippen LogP contribution in [0.15, 0.2) is 169 Å². The Morgan fingerprint density at radius 1 is 0.227 bits per heavy atom. The first-order valence-electron chi connectivity index (χ1n) is 14.5. The number of rotatable bonds is 4. The van der Waals surface area contributed by atoms with Gasteiger partial charge in [-0.05, 0) is 67.4 Å². The van der Waals surface area contributed by atoms with Gasteiger partial charge in [0.05, 0.1) is 0 Å². The molecule has 0 saturated carbocycles. The van der Waals surface area contributed by atoms with Gasteiger partial charge in [0, 0.05) is 20.9 Å². The van der Waals surface area contributed by atoms with Crippen LogP contribution in [0.25, 0.3) is 67.4 Å². The zero-order chi connectivity index (χ0) is 29.6. The van der Waals surface area contributed by atoms with E-state index in [0.29, 0.717) is 0 Å². The van der Waals surface area contributed by atoms with Gasteiger partial charge in [-0.3, -0.25) is 0 Å². The van der Waals surface area contributed by atoms with Crippen molar-refractivity contribution in [3.8, 4) is 44.5 Å². The van der Waals surface area contributed by atoms with Gasteiger partial charge in [-0.2, -0.15) is 0 Å². The summed E-state index contributed by atoms with van der Waals surface area (Å²) in [5.41, 5.74) is 34.9.